The summed E-state index contributed by atoms with van der Waals surface area (Å²) in [4.78, 5) is 33.4. The molecule has 0 aliphatic heterocycles. The Bertz CT molecular complexity index is 754. The molecule has 0 radical (unpaired) electrons. The first kappa shape index (κ1) is 17.1. The van der Waals surface area contributed by atoms with Crippen molar-refractivity contribution < 1.29 is 14.5 Å². The van der Waals surface area contributed by atoms with Crippen LogP contribution in [-0.2, 0) is 9.59 Å². The number of benzene rings is 2. The van der Waals surface area contributed by atoms with E-state index in [1.54, 1.807) is 43.3 Å². The summed E-state index contributed by atoms with van der Waals surface area (Å²) in [6.45, 7) is 3.14. The zero-order chi connectivity index (χ0) is 17.7. The molecule has 0 unspecified atom stereocenters. The van der Waals surface area contributed by atoms with E-state index in [-0.39, 0.29) is 17.5 Å². The van der Waals surface area contributed by atoms with Crippen molar-refractivity contribution in [2.45, 2.75) is 19.8 Å². The largest absolute Gasteiger partial charge is 0.326 e. The van der Waals surface area contributed by atoms with Crippen molar-refractivity contribution >= 4 is 28.9 Å². The molecule has 2 aromatic carbocycles. The fourth-order valence-electron chi connectivity index (χ4n) is 2.13. The average Bonchev–Trinajstić information content (AvgIpc) is 2.55. The molecule has 2 N–H and O–H groups in total. The fraction of sp³-hybridized carbons (Fsp3) is 0.176. The molecule has 0 saturated heterocycles. The molecule has 0 spiro atoms. The van der Waals surface area contributed by atoms with Crippen LogP contribution in [-0.4, -0.2) is 16.7 Å². The van der Waals surface area contributed by atoms with E-state index >= 15 is 0 Å². The lowest BCUT2D eigenvalue weighted by molar-refractivity contribution is -0.384. The van der Waals surface area contributed by atoms with Gasteiger partial charge in [-0.2, -0.15) is 0 Å². The van der Waals surface area contributed by atoms with Gasteiger partial charge >= 0.3 is 0 Å². The number of carbonyl (C=O) groups is 2. The summed E-state index contributed by atoms with van der Waals surface area (Å²) in [5.74, 6) is -0.851. The van der Waals surface area contributed by atoms with Crippen molar-refractivity contribution in [3.8, 4) is 0 Å². The quantitative estimate of drug-likeness (QED) is 0.650. The Balaban J connectivity index is 2.03. The molecule has 24 heavy (non-hydrogen) atoms. The number of hydrogen-bond acceptors (Lipinski definition) is 4. The Kier molecular flexibility index (Phi) is 5.26. The van der Waals surface area contributed by atoms with Crippen molar-refractivity contribution in [1.82, 2.24) is 0 Å². The van der Waals surface area contributed by atoms with E-state index in [2.05, 4.69) is 10.6 Å². The van der Waals surface area contributed by atoms with Crippen LogP contribution in [0.15, 0.2) is 48.5 Å². The van der Waals surface area contributed by atoms with Crippen LogP contribution in [0.25, 0.3) is 0 Å². The number of nitrogens with zero attached hydrogens (tertiary/aromatic N) is 1. The second-order valence-electron chi connectivity index (χ2n) is 5.32. The first-order valence-electron chi connectivity index (χ1n) is 7.29. The second kappa shape index (κ2) is 7.36. The van der Waals surface area contributed by atoms with E-state index in [1.807, 2.05) is 0 Å². The molecule has 2 rings (SSSR count). The van der Waals surface area contributed by atoms with Crippen LogP contribution in [0.2, 0.25) is 0 Å². The van der Waals surface area contributed by atoms with Crippen molar-refractivity contribution in [2.24, 2.45) is 0 Å². The fourth-order valence-corrected chi connectivity index (χ4v) is 2.13. The number of non-ortho nitro benzene ring substituents is 1. The summed E-state index contributed by atoms with van der Waals surface area (Å²) >= 11 is 0. The minimum absolute atomic E-state index is 0.0140. The third-order valence-corrected chi connectivity index (χ3v) is 3.47. The monoisotopic (exact) mass is 327 g/mol. The summed E-state index contributed by atoms with van der Waals surface area (Å²) in [6.07, 6.45) is 0. The van der Waals surface area contributed by atoms with Crippen molar-refractivity contribution in [3.63, 3.8) is 0 Å². The summed E-state index contributed by atoms with van der Waals surface area (Å²) < 4.78 is 0. The number of anilines is 2. The van der Waals surface area contributed by atoms with Crippen molar-refractivity contribution in [2.75, 3.05) is 10.6 Å². The topological polar surface area (TPSA) is 101 Å². The molecule has 7 heteroatoms. The van der Waals surface area contributed by atoms with Gasteiger partial charge in [0.05, 0.1) is 10.8 Å². The molecule has 124 valence electrons. The van der Waals surface area contributed by atoms with Gasteiger partial charge in [-0.05, 0) is 36.8 Å². The highest BCUT2D eigenvalue weighted by atomic mass is 16.6. The second-order valence-corrected chi connectivity index (χ2v) is 5.32. The molecule has 0 fully saturated rings. The van der Waals surface area contributed by atoms with Crippen molar-refractivity contribution in [1.29, 1.82) is 0 Å². The van der Waals surface area contributed by atoms with Gasteiger partial charge in [0.1, 0.15) is 0 Å². The molecule has 0 aliphatic carbocycles. The molecular formula is C17H17N3O4. The van der Waals surface area contributed by atoms with E-state index < -0.39 is 10.8 Å². The summed E-state index contributed by atoms with van der Waals surface area (Å²) in [6, 6.07) is 12.6. The Hall–Kier alpha value is -3.22. The minimum Gasteiger partial charge on any atom is -0.326 e. The smallest absolute Gasteiger partial charge is 0.269 e. The Labute approximate surface area is 138 Å². The first-order valence-corrected chi connectivity index (χ1v) is 7.29. The number of nitro groups is 1. The van der Waals surface area contributed by atoms with E-state index in [0.29, 0.717) is 16.9 Å². The maximum atomic E-state index is 12.3. The maximum Gasteiger partial charge on any atom is 0.269 e. The van der Waals surface area contributed by atoms with Gasteiger partial charge < -0.3 is 10.6 Å². The van der Waals surface area contributed by atoms with E-state index in [4.69, 9.17) is 0 Å². The van der Waals surface area contributed by atoms with Crippen LogP contribution in [0, 0.1) is 10.1 Å². The van der Waals surface area contributed by atoms with Gasteiger partial charge in [-0.1, -0.05) is 12.1 Å². The summed E-state index contributed by atoms with van der Waals surface area (Å²) in [7, 11) is 0. The Morgan fingerprint density at radius 3 is 1.92 bits per heavy atom. The van der Waals surface area contributed by atoms with Gasteiger partial charge in [-0.15, -0.1) is 0 Å². The zero-order valence-electron chi connectivity index (χ0n) is 13.3. The third-order valence-electron chi connectivity index (χ3n) is 3.47. The molecule has 7 nitrogen and oxygen atoms in total. The maximum absolute atomic E-state index is 12.3. The van der Waals surface area contributed by atoms with Crippen LogP contribution in [0.4, 0.5) is 17.1 Å². The van der Waals surface area contributed by atoms with E-state index in [0.717, 1.165) is 0 Å². The standard InChI is InChI=1S/C17H17N3O4/c1-11(13-3-9-16(10-4-13)20(23)24)17(22)19-15-7-5-14(6-8-15)18-12(2)21/h3-11H,1-2H3,(H,18,21)(H,19,22)/t11-/m0/s1. The molecule has 2 aromatic rings. The van der Waals surface area contributed by atoms with Gasteiger partial charge in [0, 0.05) is 30.4 Å². The average molecular weight is 327 g/mol. The lowest BCUT2D eigenvalue weighted by Crippen LogP contribution is -2.18. The van der Waals surface area contributed by atoms with Crippen molar-refractivity contribution in [3.05, 3.63) is 64.2 Å². The highest BCUT2D eigenvalue weighted by Crippen LogP contribution is 2.21. The molecule has 1 atom stereocenters. The van der Waals surface area contributed by atoms with Gasteiger partial charge in [-0.25, -0.2) is 0 Å². The number of nitrogens with one attached hydrogen (secondary N) is 2. The number of rotatable bonds is 5. The number of carbonyl (C=O) groups excluding carboxylic acids is 2. The first-order chi connectivity index (χ1) is 11.4. The predicted molar refractivity (Wildman–Crippen MR) is 90.9 cm³/mol. The SMILES string of the molecule is CC(=O)Nc1ccc(NC(=O)[C@@H](C)c2ccc([N+](=O)[O-])cc2)cc1. The lowest BCUT2D eigenvalue weighted by Gasteiger charge is -2.13. The van der Waals surface area contributed by atoms with Gasteiger partial charge in [-0.3, -0.25) is 19.7 Å². The normalized spacial score (nSPS) is 11.4. The molecule has 0 aromatic heterocycles. The molecule has 0 aliphatic rings. The van der Waals surface area contributed by atoms with Crippen LogP contribution in [0.1, 0.15) is 25.3 Å². The van der Waals surface area contributed by atoms with Crippen LogP contribution >= 0.6 is 0 Å². The third kappa shape index (κ3) is 4.39. The number of nitro benzene ring substituents is 1. The molecule has 0 saturated carbocycles. The van der Waals surface area contributed by atoms with Crippen LogP contribution in [0.3, 0.4) is 0 Å². The summed E-state index contributed by atoms with van der Waals surface area (Å²) in [5, 5.41) is 16.1. The highest BCUT2D eigenvalue weighted by Gasteiger charge is 2.16. The lowest BCUT2D eigenvalue weighted by atomic mass is 10.00. The predicted octanol–water partition coefficient (Wildman–Crippen LogP) is 3.30. The summed E-state index contributed by atoms with van der Waals surface area (Å²) in [5.41, 5.74) is 1.92. The van der Waals surface area contributed by atoms with E-state index in [1.165, 1.54) is 19.1 Å². The number of amides is 2. The van der Waals surface area contributed by atoms with Gasteiger partial charge in [0.25, 0.3) is 5.69 Å². The molecule has 0 heterocycles. The van der Waals surface area contributed by atoms with Gasteiger partial charge in [0.15, 0.2) is 0 Å². The number of hydrogen-bond donors (Lipinski definition) is 2. The van der Waals surface area contributed by atoms with Gasteiger partial charge in [0.2, 0.25) is 11.8 Å². The molecule has 2 amide bonds. The Morgan fingerprint density at radius 2 is 1.46 bits per heavy atom. The molecular weight excluding hydrogens is 310 g/mol. The van der Waals surface area contributed by atoms with Crippen LogP contribution < -0.4 is 10.6 Å². The Morgan fingerprint density at radius 1 is 0.958 bits per heavy atom. The highest BCUT2D eigenvalue weighted by molar-refractivity contribution is 5.96. The molecule has 0 bridgehead atoms. The minimum atomic E-state index is -0.481. The van der Waals surface area contributed by atoms with E-state index in [9.17, 15) is 19.7 Å². The van der Waals surface area contributed by atoms with Crippen LogP contribution in [0.5, 0.6) is 0 Å². The zero-order valence-corrected chi connectivity index (χ0v) is 13.3.